The fourth-order valence-corrected chi connectivity index (χ4v) is 1.07. The van der Waals surface area contributed by atoms with E-state index < -0.39 is 5.82 Å². The Morgan fingerprint density at radius 3 is 2.93 bits per heavy atom. The monoisotopic (exact) mass is 204 g/mol. The van der Waals surface area contributed by atoms with Crippen LogP contribution in [0.25, 0.3) is 0 Å². The molecule has 0 spiro atoms. The summed E-state index contributed by atoms with van der Waals surface area (Å²) in [6.07, 6.45) is 0.902. The van der Waals surface area contributed by atoms with Gasteiger partial charge in [0.2, 0.25) is 0 Å². The van der Waals surface area contributed by atoms with Crippen LogP contribution in [-0.2, 0) is 0 Å². The first-order valence-electron chi connectivity index (χ1n) is 4.77. The molecular formula is C12H13FN2. The van der Waals surface area contributed by atoms with E-state index >= 15 is 0 Å². The molecule has 0 fully saturated rings. The number of rotatable bonds is 4. The van der Waals surface area contributed by atoms with Gasteiger partial charge in [-0.05, 0) is 24.6 Å². The molecule has 0 aliphatic heterocycles. The van der Waals surface area contributed by atoms with Crippen LogP contribution in [0.4, 0.5) is 10.1 Å². The van der Waals surface area contributed by atoms with Crippen LogP contribution in [0.1, 0.15) is 18.9 Å². The predicted molar refractivity (Wildman–Crippen MR) is 59.0 cm³/mol. The lowest BCUT2D eigenvalue weighted by molar-refractivity contribution is 0.624. The van der Waals surface area contributed by atoms with Crippen molar-refractivity contribution in [1.29, 1.82) is 5.26 Å². The van der Waals surface area contributed by atoms with E-state index in [1.165, 1.54) is 12.1 Å². The Kier molecular flexibility index (Phi) is 3.87. The second kappa shape index (κ2) is 5.16. The Balaban J connectivity index is 2.71. The molecular weight excluding hydrogens is 191 g/mol. The maximum absolute atomic E-state index is 13.0. The lowest BCUT2D eigenvalue weighted by Crippen LogP contribution is -2.03. The molecule has 78 valence electrons. The summed E-state index contributed by atoms with van der Waals surface area (Å²) < 4.78 is 13.0. The van der Waals surface area contributed by atoms with Gasteiger partial charge in [0.15, 0.2) is 0 Å². The number of nitriles is 1. The van der Waals surface area contributed by atoms with Gasteiger partial charge in [-0.3, -0.25) is 0 Å². The van der Waals surface area contributed by atoms with Gasteiger partial charge in [-0.1, -0.05) is 19.1 Å². The first-order valence-corrected chi connectivity index (χ1v) is 4.77. The largest absolute Gasteiger partial charge is 0.381 e. The van der Waals surface area contributed by atoms with Crippen molar-refractivity contribution in [2.45, 2.75) is 13.3 Å². The van der Waals surface area contributed by atoms with Gasteiger partial charge in [-0.25, -0.2) is 4.39 Å². The number of nitrogens with zero attached hydrogens (tertiary/aromatic N) is 1. The number of hydrogen-bond donors (Lipinski definition) is 1. The second-order valence-electron chi connectivity index (χ2n) is 3.26. The van der Waals surface area contributed by atoms with E-state index in [-0.39, 0.29) is 5.56 Å². The van der Waals surface area contributed by atoms with Gasteiger partial charge in [0.1, 0.15) is 11.9 Å². The topological polar surface area (TPSA) is 35.8 Å². The van der Waals surface area contributed by atoms with Gasteiger partial charge < -0.3 is 5.32 Å². The van der Waals surface area contributed by atoms with Crippen LogP contribution < -0.4 is 5.32 Å². The average molecular weight is 204 g/mol. The molecule has 0 aliphatic rings. The summed E-state index contributed by atoms with van der Waals surface area (Å²) in [6.45, 7) is 6.52. The number of benzene rings is 1. The van der Waals surface area contributed by atoms with Crippen molar-refractivity contribution in [2.75, 3.05) is 11.9 Å². The molecule has 0 radical (unpaired) electrons. The lowest BCUT2D eigenvalue weighted by atomic mass is 10.2. The highest BCUT2D eigenvalue weighted by Gasteiger charge is 2.02. The fraction of sp³-hybridized carbons (Fsp3) is 0.250. The molecule has 1 rings (SSSR count). The zero-order valence-electron chi connectivity index (χ0n) is 8.68. The van der Waals surface area contributed by atoms with Crippen molar-refractivity contribution in [2.24, 2.45) is 0 Å². The summed E-state index contributed by atoms with van der Waals surface area (Å²) in [5, 5.41) is 11.7. The zero-order chi connectivity index (χ0) is 11.3. The van der Waals surface area contributed by atoms with Crippen molar-refractivity contribution in [3.05, 3.63) is 41.7 Å². The third kappa shape index (κ3) is 3.10. The Bertz CT molecular complexity index is 405. The first kappa shape index (κ1) is 11.3. The fourth-order valence-electron chi connectivity index (χ4n) is 1.07. The highest BCUT2D eigenvalue weighted by Crippen LogP contribution is 2.14. The number of nitrogens with one attached hydrogen (secondary N) is 1. The molecule has 0 atom stereocenters. The van der Waals surface area contributed by atoms with Gasteiger partial charge >= 0.3 is 0 Å². The summed E-state index contributed by atoms with van der Waals surface area (Å²) in [7, 11) is 0. The third-order valence-electron chi connectivity index (χ3n) is 2.13. The molecule has 0 heterocycles. The Morgan fingerprint density at radius 2 is 2.33 bits per heavy atom. The Morgan fingerprint density at radius 1 is 1.60 bits per heavy atom. The Hall–Kier alpha value is -1.82. The molecule has 15 heavy (non-hydrogen) atoms. The Labute approximate surface area is 89.0 Å². The standard InChI is InChI=1S/C12H13FN2/c1-3-9(2)8-15-11-4-5-12(13)10(6-11)7-14/h4-6,15H,2-3,8H2,1H3. The number of anilines is 1. The van der Waals surface area contributed by atoms with Crippen LogP contribution in [0.5, 0.6) is 0 Å². The number of hydrogen-bond acceptors (Lipinski definition) is 2. The van der Waals surface area contributed by atoms with Crippen molar-refractivity contribution in [1.82, 2.24) is 0 Å². The van der Waals surface area contributed by atoms with Crippen molar-refractivity contribution in [3.8, 4) is 6.07 Å². The molecule has 0 aromatic heterocycles. The average Bonchev–Trinajstić information content (AvgIpc) is 2.27. The van der Waals surface area contributed by atoms with Gasteiger partial charge in [-0.2, -0.15) is 5.26 Å². The summed E-state index contributed by atoms with van der Waals surface area (Å²) in [5.41, 5.74) is 1.86. The molecule has 0 bridgehead atoms. The van der Waals surface area contributed by atoms with Gasteiger partial charge in [-0.15, -0.1) is 0 Å². The minimum Gasteiger partial charge on any atom is -0.381 e. The van der Waals surface area contributed by atoms with Crippen LogP contribution >= 0.6 is 0 Å². The van der Waals surface area contributed by atoms with E-state index in [2.05, 4.69) is 11.9 Å². The maximum atomic E-state index is 13.0. The van der Waals surface area contributed by atoms with Crippen LogP contribution in [0.15, 0.2) is 30.4 Å². The molecule has 0 saturated carbocycles. The molecule has 1 aromatic rings. The molecule has 1 N–H and O–H groups in total. The first-order chi connectivity index (χ1) is 7.17. The van der Waals surface area contributed by atoms with E-state index in [9.17, 15) is 4.39 Å². The number of halogens is 1. The van der Waals surface area contributed by atoms with E-state index in [0.717, 1.165) is 17.7 Å². The summed E-state index contributed by atoms with van der Waals surface area (Å²) in [5.74, 6) is -0.489. The van der Waals surface area contributed by atoms with Crippen LogP contribution in [0.2, 0.25) is 0 Å². The minimum absolute atomic E-state index is 0.0575. The normalized spacial score (nSPS) is 9.40. The van der Waals surface area contributed by atoms with Crippen molar-refractivity contribution in [3.63, 3.8) is 0 Å². The SMILES string of the molecule is C=C(CC)CNc1ccc(F)c(C#N)c1. The summed E-state index contributed by atoms with van der Waals surface area (Å²) >= 11 is 0. The lowest BCUT2D eigenvalue weighted by Gasteiger charge is -2.07. The van der Waals surface area contributed by atoms with Crippen LogP contribution in [0.3, 0.4) is 0 Å². The highest BCUT2D eigenvalue weighted by molar-refractivity contribution is 5.50. The second-order valence-corrected chi connectivity index (χ2v) is 3.26. The highest BCUT2D eigenvalue weighted by atomic mass is 19.1. The molecule has 0 unspecified atom stereocenters. The van der Waals surface area contributed by atoms with Crippen molar-refractivity contribution >= 4 is 5.69 Å². The molecule has 0 amide bonds. The van der Waals surface area contributed by atoms with Gasteiger partial charge in [0.05, 0.1) is 5.56 Å². The van der Waals surface area contributed by atoms with Crippen LogP contribution in [-0.4, -0.2) is 6.54 Å². The van der Waals surface area contributed by atoms with Crippen molar-refractivity contribution < 1.29 is 4.39 Å². The molecule has 0 saturated heterocycles. The van der Waals surface area contributed by atoms with E-state index in [4.69, 9.17) is 5.26 Å². The van der Waals surface area contributed by atoms with E-state index in [1.54, 1.807) is 12.1 Å². The summed E-state index contributed by atoms with van der Waals surface area (Å²) in [4.78, 5) is 0. The molecule has 3 heteroatoms. The van der Waals surface area contributed by atoms with E-state index in [1.807, 2.05) is 6.92 Å². The smallest absolute Gasteiger partial charge is 0.141 e. The molecule has 2 nitrogen and oxygen atoms in total. The third-order valence-corrected chi connectivity index (χ3v) is 2.13. The van der Waals surface area contributed by atoms with E-state index in [0.29, 0.717) is 6.54 Å². The summed E-state index contributed by atoms with van der Waals surface area (Å²) in [6, 6.07) is 6.20. The molecule has 1 aromatic carbocycles. The van der Waals surface area contributed by atoms with Crippen LogP contribution in [0, 0.1) is 17.1 Å². The zero-order valence-corrected chi connectivity index (χ0v) is 8.68. The van der Waals surface area contributed by atoms with Gasteiger partial charge in [0.25, 0.3) is 0 Å². The maximum Gasteiger partial charge on any atom is 0.141 e. The quantitative estimate of drug-likeness (QED) is 0.765. The minimum atomic E-state index is -0.489. The van der Waals surface area contributed by atoms with Gasteiger partial charge in [0, 0.05) is 12.2 Å². The molecule has 0 aliphatic carbocycles. The predicted octanol–water partition coefficient (Wildman–Crippen LogP) is 3.08.